The zero-order valence-corrected chi connectivity index (χ0v) is 16.9. The second-order valence-electron chi connectivity index (χ2n) is 7.18. The van der Waals surface area contributed by atoms with Crippen molar-refractivity contribution in [3.05, 3.63) is 81.8 Å². The van der Waals surface area contributed by atoms with Gasteiger partial charge in [-0.1, -0.05) is 31.2 Å². The van der Waals surface area contributed by atoms with Crippen LogP contribution in [-0.2, 0) is 19.3 Å². The summed E-state index contributed by atoms with van der Waals surface area (Å²) in [7, 11) is 0. The van der Waals surface area contributed by atoms with E-state index in [9.17, 15) is 4.79 Å². The predicted molar refractivity (Wildman–Crippen MR) is 115 cm³/mol. The van der Waals surface area contributed by atoms with Crippen LogP contribution in [-0.4, -0.2) is 19.7 Å². The van der Waals surface area contributed by atoms with Gasteiger partial charge < -0.3 is 0 Å². The van der Waals surface area contributed by atoms with Crippen LogP contribution in [0, 0.1) is 0 Å². The number of benzene rings is 2. The summed E-state index contributed by atoms with van der Waals surface area (Å²) < 4.78 is 1.68. The van der Waals surface area contributed by atoms with Gasteiger partial charge in [0.05, 0.1) is 22.3 Å². The zero-order chi connectivity index (χ0) is 19.8. The van der Waals surface area contributed by atoms with Gasteiger partial charge in [-0.2, -0.15) is 5.10 Å². The second-order valence-corrected chi connectivity index (χ2v) is 8.17. The fraction of sp³-hybridized carbons (Fsp3) is 0.217. The topological polar surface area (TPSA) is 60.7 Å². The number of para-hydroxylation sites is 1. The Morgan fingerprint density at radius 3 is 2.69 bits per heavy atom. The lowest BCUT2D eigenvalue weighted by Crippen LogP contribution is -2.21. The van der Waals surface area contributed by atoms with E-state index >= 15 is 0 Å². The SMILES string of the molecule is CCc1ccc(-n2c(Sc3cc4c(nn3)CCC4)nc3ccccc3c2=O)cc1. The normalized spacial score (nSPS) is 13.0. The van der Waals surface area contributed by atoms with Crippen molar-refractivity contribution in [1.29, 1.82) is 0 Å². The molecule has 0 radical (unpaired) electrons. The number of nitrogens with zero attached hydrogens (tertiary/aromatic N) is 4. The molecule has 0 atom stereocenters. The van der Waals surface area contributed by atoms with Crippen molar-refractivity contribution in [1.82, 2.24) is 19.7 Å². The summed E-state index contributed by atoms with van der Waals surface area (Å²) in [6.07, 6.45) is 4.11. The van der Waals surface area contributed by atoms with E-state index in [1.54, 1.807) is 4.57 Å². The van der Waals surface area contributed by atoms with Crippen LogP contribution in [0.2, 0.25) is 0 Å². The molecule has 0 unspecified atom stereocenters. The minimum absolute atomic E-state index is 0.0727. The molecule has 2 aromatic heterocycles. The molecule has 2 aromatic carbocycles. The Morgan fingerprint density at radius 1 is 1.03 bits per heavy atom. The van der Waals surface area contributed by atoms with E-state index in [-0.39, 0.29) is 5.56 Å². The van der Waals surface area contributed by atoms with E-state index in [1.165, 1.54) is 22.9 Å². The molecule has 1 aliphatic rings. The fourth-order valence-electron chi connectivity index (χ4n) is 3.74. The highest BCUT2D eigenvalue weighted by molar-refractivity contribution is 7.99. The summed E-state index contributed by atoms with van der Waals surface area (Å²) >= 11 is 1.39. The van der Waals surface area contributed by atoms with Crippen LogP contribution in [0.4, 0.5) is 0 Å². The maximum Gasteiger partial charge on any atom is 0.266 e. The molecule has 1 aliphatic carbocycles. The van der Waals surface area contributed by atoms with Gasteiger partial charge in [-0.15, -0.1) is 5.10 Å². The molecule has 0 amide bonds. The van der Waals surface area contributed by atoms with Crippen LogP contribution in [0.5, 0.6) is 0 Å². The van der Waals surface area contributed by atoms with Gasteiger partial charge in [0, 0.05) is 0 Å². The van der Waals surface area contributed by atoms with Crippen molar-refractivity contribution in [3.63, 3.8) is 0 Å². The van der Waals surface area contributed by atoms with E-state index < -0.39 is 0 Å². The Hall–Kier alpha value is -2.99. The Kier molecular flexibility index (Phi) is 4.64. The van der Waals surface area contributed by atoms with Gasteiger partial charge in [0.1, 0.15) is 5.03 Å². The summed E-state index contributed by atoms with van der Waals surface area (Å²) in [4.78, 5) is 18.2. The number of aromatic nitrogens is 4. The lowest BCUT2D eigenvalue weighted by molar-refractivity contribution is 0.809. The summed E-state index contributed by atoms with van der Waals surface area (Å²) in [5.74, 6) is 0. The first-order valence-corrected chi connectivity index (χ1v) is 10.7. The van der Waals surface area contributed by atoms with Crippen LogP contribution in [0.3, 0.4) is 0 Å². The first-order chi connectivity index (χ1) is 14.2. The lowest BCUT2D eigenvalue weighted by Gasteiger charge is -2.13. The zero-order valence-electron chi connectivity index (χ0n) is 16.1. The quantitative estimate of drug-likeness (QED) is 0.476. The van der Waals surface area contributed by atoms with Crippen molar-refractivity contribution in [3.8, 4) is 5.69 Å². The highest BCUT2D eigenvalue weighted by Crippen LogP contribution is 2.29. The van der Waals surface area contributed by atoms with Crippen molar-refractivity contribution in [2.45, 2.75) is 42.8 Å². The molecule has 29 heavy (non-hydrogen) atoms. The van der Waals surface area contributed by atoms with Gasteiger partial charge in [-0.05, 0) is 78.9 Å². The average molecular weight is 401 g/mol. The Bertz CT molecular complexity index is 1260. The molecule has 4 aromatic rings. The number of aryl methyl sites for hydroxylation is 3. The summed E-state index contributed by atoms with van der Waals surface area (Å²) in [5.41, 5.74) is 5.00. The van der Waals surface area contributed by atoms with Crippen molar-refractivity contribution >= 4 is 22.7 Å². The molecule has 6 heteroatoms. The van der Waals surface area contributed by atoms with E-state index in [4.69, 9.17) is 4.98 Å². The van der Waals surface area contributed by atoms with Crippen molar-refractivity contribution in [2.75, 3.05) is 0 Å². The molecule has 5 rings (SSSR count). The van der Waals surface area contributed by atoms with Gasteiger partial charge in [0.15, 0.2) is 5.16 Å². The third-order valence-corrected chi connectivity index (χ3v) is 6.21. The third-order valence-electron chi connectivity index (χ3n) is 5.34. The average Bonchev–Trinajstić information content (AvgIpc) is 3.22. The largest absolute Gasteiger partial charge is 0.268 e. The minimum Gasteiger partial charge on any atom is -0.268 e. The number of hydrogen-bond acceptors (Lipinski definition) is 5. The molecule has 0 saturated heterocycles. The standard InChI is InChI=1S/C23H20N4OS/c1-2-15-10-12-17(13-11-15)27-22(28)18-7-3-4-8-20(18)24-23(27)29-21-14-16-6-5-9-19(16)25-26-21/h3-4,7-8,10-14H,2,5-6,9H2,1H3. The van der Waals surface area contributed by atoms with Crippen molar-refractivity contribution < 1.29 is 0 Å². The molecular weight excluding hydrogens is 380 g/mol. The molecule has 0 spiro atoms. The molecule has 5 nitrogen and oxygen atoms in total. The molecule has 144 valence electrons. The van der Waals surface area contributed by atoms with Gasteiger partial charge in [-0.25, -0.2) is 4.98 Å². The van der Waals surface area contributed by atoms with Gasteiger partial charge >= 0.3 is 0 Å². The van der Waals surface area contributed by atoms with Crippen LogP contribution in [0.15, 0.2) is 69.6 Å². The lowest BCUT2D eigenvalue weighted by atomic mass is 10.1. The minimum atomic E-state index is -0.0727. The smallest absolute Gasteiger partial charge is 0.266 e. The van der Waals surface area contributed by atoms with Gasteiger partial charge in [0.25, 0.3) is 5.56 Å². The Labute approximate surface area is 172 Å². The van der Waals surface area contributed by atoms with Gasteiger partial charge in [-0.3, -0.25) is 9.36 Å². The van der Waals surface area contributed by atoms with Crippen LogP contribution in [0.25, 0.3) is 16.6 Å². The summed E-state index contributed by atoms with van der Waals surface area (Å²) in [5, 5.41) is 10.7. The molecule has 0 N–H and O–H groups in total. The molecule has 0 saturated carbocycles. The van der Waals surface area contributed by atoms with Crippen LogP contribution < -0.4 is 5.56 Å². The highest BCUT2D eigenvalue weighted by Gasteiger charge is 2.18. The summed E-state index contributed by atoms with van der Waals surface area (Å²) in [6, 6.07) is 17.6. The molecular formula is C23H20N4OS. The van der Waals surface area contributed by atoms with E-state index in [0.29, 0.717) is 16.1 Å². The van der Waals surface area contributed by atoms with E-state index in [2.05, 4.69) is 35.3 Å². The number of hydrogen-bond donors (Lipinski definition) is 0. The first-order valence-electron chi connectivity index (χ1n) is 9.87. The molecule has 2 heterocycles. The van der Waals surface area contributed by atoms with Crippen molar-refractivity contribution in [2.24, 2.45) is 0 Å². The number of fused-ring (bicyclic) bond motifs is 2. The monoisotopic (exact) mass is 400 g/mol. The van der Waals surface area contributed by atoms with Crippen LogP contribution >= 0.6 is 11.8 Å². The predicted octanol–water partition coefficient (Wildman–Crippen LogP) is 4.38. The maximum atomic E-state index is 13.4. The summed E-state index contributed by atoms with van der Waals surface area (Å²) in [6.45, 7) is 2.12. The highest BCUT2D eigenvalue weighted by atomic mass is 32.2. The molecule has 0 aliphatic heterocycles. The Morgan fingerprint density at radius 2 is 1.86 bits per heavy atom. The van der Waals surface area contributed by atoms with E-state index in [1.807, 2.05) is 36.4 Å². The molecule has 0 bridgehead atoms. The third kappa shape index (κ3) is 3.34. The fourth-order valence-corrected chi connectivity index (χ4v) is 4.63. The van der Waals surface area contributed by atoms with E-state index in [0.717, 1.165) is 42.1 Å². The Balaban J connectivity index is 1.67. The molecule has 0 fully saturated rings. The second kappa shape index (κ2) is 7.44. The number of rotatable bonds is 4. The first kappa shape index (κ1) is 18.1. The van der Waals surface area contributed by atoms with Crippen LogP contribution in [0.1, 0.15) is 30.2 Å². The maximum absolute atomic E-state index is 13.4. The van der Waals surface area contributed by atoms with Gasteiger partial charge in [0.2, 0.25) is 0 Å².